The van der Waals surface area contributed by atoms with E-state index in [1.807, 2.05) is 6.07 Å². The van der Waals surface area contributed by atoms with Crippen LogP contribution in [-0.4, -0.2) is 41.2 Å². The lowest BCUT2D eigenvalue weighted by molar-refractivity contribution is 0.0599. The van der Waals surface area contributed by atoms with Gasteiger partial charge in [-0.2, -0.15) is 5.10 Å². The van der Waals surface area contributed by atoms with Crippen LogP contribution in [0.5, 0.6) is 0 Å². The molecule has 2 atom stereocenters. The fourth-order valence-electron chi connectivity index (χ4n) is 3.11. The highest BCUT2D eigenvalue weighted by Crippen LogP contribution is 2.51. The van der Waals surface area contributed by atoms with Gasteiger partial charge in [-0.3, -0.25) is 4.79 Å². The van der Waals surface area contributed by atoms with Crippen molar-refractivity contribution in [2.75, 3.05) is 14.2 Å². The lowest BCUT2D eigenvalue weighted by Crippen LogP contribution is -2.21. The number of rotatable bonds is 6. The standard InChI is InChI=1S/C18H21N5O3/c1-22(20)9-16(19)13-7-14(13)17-15(18(25)26-2)8-21-23(17)12-5-3-4-11(6-12)10-24/h3-6,8-10,13-14H,7,19-20H2,1-2H3/b16-9-/t13?,14-/m1/s1. The predicted molar refractivity (Wildman–Crippen MR) is 95.4 cm³/mol. The van der Waals surface area contributed by atoms with Crippen LogP contribution in [0.3, 0.4) is 0 Å². The molecule has 0 saturated heterocycles. The number of aldehydes is 1. The Bertz CT molecular complexity index is 871. The summed E-state index contributed by atoms with van der Waals surface area (Å²) in [5, 5.41) is 5.75. The van der Waals surface area contributed by atoms with Gasteiger partial charge in [0.05, 0.1) is 24.7 Å². The maximum atomic E-state index is 12.2. The SMILES string of the molecule is COC(=O)c1cnn(-c2cccc(C=O)c2)c1[C@@H]1CC1/C(N)=C/N(C)N. The van der Waals surface area contributed by atoms with Crippen LogP contribution in [0.4, 0.5) is 0 Å². The molecule has 0 spiro atoms. The molecule has 3 rings (SSSR count). The first-order valence-electron chi connectivity index (χ1n) is 8.12. The van der Waals surface area contributed by atoms with Gasteiger partial charge < -0.3 is 15.5 Å². The number of carbonyl (C=O) groups excluding carboxylic acids is 2. The number of methoxy groups -OCH3 is 1. The Morgan fingerprint density at radius 1 is 1.46 bits per heavy atom. The van der Waals surface area contributed by atoms with Crippen LogP contribution in [0.2, 0.25) is 0 Å². The molecule has 1 aromatic carbocycles. The highest BCUT2D eigenvalue weighted by Gasteiger charge is 2.45. The molecule has 1 heterocycles. The van der Waals surface area contributed by atoms with E-state index in [1.54, 1.807) is 36.1 Å². The first-order valence-corrected chi connectivity index (χ1v) is 8.12. The van der Waals surface area contributed by atoms with Gasteiger partial charge in [0.15, 0.2) is 0 Å². The van der Waals surface area contributed by atoms with Crippen LogP contribution in [0.15, 0.2) is 42.4 Å². The number of hydrogen-bond donors (Lipinski definition) is 2. The Morgan fingerprint density at radius 2 is 2.23 bits per heavy atom. The number of aromatic nitrogens is 2. The highest BCUT2D eigenvalue weighted by molar-refractivity contribution is 5.91. The van der Waals surface area contributed by atoms with E-state index < -0.39 is 5.97 Å². The molecule has 0 radical (unpaired) electrons. The second kappa shape index (κ2) is 7.01. The van der Waals surface area contributed by atoms with Crippen LogP contribution >= 0.6 is 0 Å². The molecule has 0 aliphatic heterocycles. The molecule has 1 aliphatic rings. The van der Waals surface area contributed by atoms with E-state index in [0.717, 1.165) is 18.4 Å². The van der Waals surface area contributed by atoms with Crippen molar-refractivity contribution in [2.45, 2.75) is 12.3 Å². The third-order valence-electron chi connectivity index (χ3n) is 4.39. The highest BCUT2D eigenvalue weighted by atomic mass is 16.5. The molecule has 8 nitrogen and oxygen atoms in total. The zero-order valence-corrected chi connectivity index (χ0v) is 14.6. The monoisotopic (exact) mass is 355 g/mol. The Labute approximate surface area is 151 Å². The summed E-state index contributed by atoms with van der Waals surface area (Å²) in [6.07, 6.45) is 4.69. The molecule has 1 saturated carbocycles. The molecular weight excluding hydrogens is 334 g/mol. The molecule has 26 heavy (non-hydrogen) atoms. The molecule has 4 N–H and O–H groups in total. The minimum absolute atomic E-state index is 0.0164. The van der Waals surface area contributed by atoms with Crippen molar-refractivity contribution in [1.82, 2.24) is 14.8 Å². The minimum Gasteiger partial charge on any atom is -0.465 e. The van der Waals surface area contributed by atoms with Gasteiger partial charge in [0.1, 0.15) is 11.8 Å². The summed E-state index contributed by atoms with van der Waals surface area (Å²) in [4.78, 5) is 23.3. The fourth-order valence-corrected chi connectivity index (χ4v) is 3.11. The lowest BCUT2D eigenvalue weighted by Gasteiger charge is -2.11. The maximum Gasteiger partial charge on any atom is 0.341 e. The third kappa shape index (κ3) is 3.31. The number of allylic oxidation sites excluding steroid dienone is 1. The number of carbonyl (C=O) groups is 2. The molecule has 1 aliphatic carbocycles. The van der Waals surface area contributed by atoms with Crippen molar-refractivity contribution in [3.63, 3.8) is 0 Å². The van der Waals surface area contributed by atoms with E-state index in [1.165, 1.54) is 18.3 Å². The Morgan fingerprint density at radius 3 is 2.88 bits per heavy atom. The number of nitrogens with two attached hydrogens (primary N) is 2. The van der Waals surface area contributed by atoms with Gasteiger partial charge in [-0.25, -0.2) is 15.3 Å². The molecule has 0 bridgehead atoms. The van der Waals surface area contributed by atoms with E-state index >= 15 is 0 Å². The van der Waals surface area contributed by atoms with Crippen LogP contribution in [0, 0.1) is 5.92 Å². The lowest BCUT2D eigenvalue weighted by atomic mass is 10.1. The van der Waals surface area contributed by atoms with Gasteiger partial charge >= 0.3 is 5.97 Å². The molecule has 136 valence electrons. The van der Waals surface area contributed by atoms with Crippen molar-refractivity contribution in [3.8, 4) is 5.69 Å². The molecule has 2 aromatic rings. The van der Waals surface area contributed by atoms with Gasteiger partial charge in [0.25, 0.3) is 0 Å². The largest absolute Gasteiger partial charge is 0.465 e. The van der Waals surface area contributed by atoms with Crippen molar-refractivity contribution < 1.29 is 14.3 Å². The van der Waals surface area contributed by atoms with Crippen molar-refractivity contribution >= 4 is 12.3 Å². The molecule has 1 unspecified atom stereocenters. The summed E-state index contributed by atoms with van der Waals surface area (Å²) in [7, 11) is 3.03. The average Bonchev–Trinajstić information content (AvgIpc) is 3.31. The van der Waals surface area contributed by atoms with E-state index in [4.69, 9.17) is 16.3 Å². The van der Waals surface area contributed by atoms with Gasteiger partial charge in [-0.05, 0) is 18.6 Å². The number of hydrogen-bond acceptors (Lipinski definition) is 7. The van der Waals surface area contributed by atoms with Crippen molar-refractivity contribution in [3.05, 3.63) is 59.2 Å². The normalized spacial score (nSPS) is 19.1. The second-order valence-corrected chi connectivity index (χ2v) is 6.30. The van der Waals surface area contributed by atoms with Crippen LogP contribution in [0.25, 0.3) is 5.69 Å². The zero-order chi connectivity index (χ0) is 18.8. The van der Waals surface area contributed by atoms with Crippen LogP contribution < -0.4 is 11.6 Å². The molecule has 1 aromatic heterocycles. The number of benzene rings is 1. The smallest absolute Gasteiger partial charge is 0.341 e. The van der Waals surface area contributed by atoms with Gasteiger partial charge in [-0.1, -0.05) is 12.1 Å². The summed E-state index contributed by atoms with van der Waals surface area (Å²) < 4.78 is 6.56. The van der Waals surface area contributed by atoms with Gasteiger partial charge in [0.2, 0.25) is 0 Å². The Hall–Kier alpha value is -3.13. The number of ether oxygens (including phenoxy) is 1. The molecule has 0 amide bonds. The summed E-state index contributed by atoms with van der Waals surface area (Å²) in [6, 6.07) is 7.02. The van der Waals surface area contributed by atoms with Gasteiger partial charge in [-0.15, -0.1) is 0 Å². The van der Waals surface area contributed by atoms with E-state index in [2.05, 4.69) is 5.10 Å². The molecule has 8 heteroatoms. The van der Waals surface area contributed by atoms with Crippen molar-refractivity contribution in [1.29, 1.82) is 0 Å². The second-order valence-electron chi connectivity index (χ2n) is 6.30. The van der Waals surface area contributed by atoms with Crippen molar-refractivity contribution in [2.24, 2.45) is 17.5 Å². The summed E-state index contributed by atoms with van der Waals surface area (Å²) >= 11 is 0. The summed E-state index contributed by atoms with van der Waals surface area (Å²) in [6.45, 7) is 0. The predicted octanol–water partition coefficient (Wildman–Crippen LogP) is 1.18. The third-order valence-corrected chi connectivity index (χ3v) is 4.39. The summed E-state index contributed by atoms with van der Waals surface area (Å²) in [5.41, 5.74) is 9.10. The average molecular weight is 355 g/mol. The van der Waals surface area contributed by atoms with Gasteiger partial charge in [0, 0.05) is 36.3 Å². The Balaban J connectivity index is 2.04. The molecular formula is C18H21N5O3. The maximum absolute atomic E-state index is 12.2. The van der Waals surface area contributed by atoms with Crippen LogP contribution in [-0.2, 0) is 4.74 Å². The first kappa shape index (κ1) is 17.7. The zero-order valence-electron chi connectivity index (χ0n) is 14.6. The minimum atomic E-state index is -0.457. The topological polar surface area (TPSA) is 116 Å². The Kier molecular flexibility index (Phi) is 4.77. The van der Waals surface area contributed by atoms with Crippen LogP contribution in [0.1, 0.15) is 38.7 Å². The van der Waals surface area contributed by atoms with E-state index in [9.17, 15) is 9.59 Å². The first-order chi connectivity index (χ1) is 12.5. The summed E-state index contributed by atoms with van der Waals surface area (Å²) in [5.74, 6) is 5.25. The van der Waals surface area contributed by atoms with E-state index in [-0.39, 0.29) is 11.8 Å². The number of esters is 1. The number of nitrogens with zero attached hydrogens (tertiary/aromatic N) is 3. The fraction of sp³-hybridized carbons (Fsp3) is 0.278. The number of hydrazine groups is 1. The van der Waals surface area contributed by atoms with E-state index in [0.29, 0.717) is 22.5 Å². The quantitative estimate of drug-likeness (QED) is 0.346. The molecule has 1 fully saturated rings.